The van der Waals surface area contributed by atoms with E-state index in [1.54, 1.807) is 11.3 Å². The number of carbonyl (C=O) groups excluding carboxylic acids is 1. The van der Waals surface area contributed by atoms with Crippen molar-refractivity contribution in [2.75, 3.05) is 19.6 Å². The molecule has 1 aromatic carbocycles. The van der Waals surface area contributed by atoms with Gasteiger partial charge in [-0.2, -0.15) is 0 Å². The second-order valence-corrected chi connectivity index (χ2v) is 5.99. The van der Waals surface area contributed by atoms with Gasteiger partial charge in [-0.1, -0.05) is 18.2 Å². The molecule has 1 amide bonds. The zero-order valence-corrected chi connectivity index (χ0v) is 13.1. The number of hydrogen-bond donors (Lipinski definition) is 1. The summed E-state index contributed by atoms with van der Waals surface area (Å²) in [7, 11) is 0. The largest absolute Gasteiger partial charge is 0.337 e. The predicted molar refractivity (Wildman–Crippen MR) is 86.8 cm³/mol. The molecule has 0 spiro atoms. The van der Waals surface area contributed by atoms with Gasteiger partial charge < -0.3 is 10.2 Å². The van der Waals surface area contributed by atoms with Crippen molar-refractivity contribution in [2.24, 2.45) is 0 Å². The predicted octanol–water partition coefficient (Wildman–Crippen LogP) is 2.69. The lowest BCUT2D eigenvalue weighted by Crippen LogP contribution is -2.52. The van der Waals surface area contributed by atoms with E-state index < -0.39 is 0 Å². The smallest absolute Gasteiger partial charge is 0.227 e. The average molecular weight is 311 g/mol. The highest BCUT2D eigenvalue weighted by Gasteiger charge is 2.23. The summed E-state index contributed by atoms with van der Waals surface area (Å²) in [5.74, 6) is 0.248. The van der Waals surface area contributed by atoms with Gasteiger partial charge in [0.2, 0.25) is 5.91 Å². The Morgan fingerprint density at radius 2 is 2.25 bits per heavy atom. The fourth-order valence-electron chi connectivity index (χ4n) is 2.65. The van der Waals surface area contributed by atoms with Gasteiger partial charge in [0.25, 0.3) is 0 Å². The first-order valence-electron chi connectivity index (χ1n) is 6.71. The molecule has 1 saturated heterocycles. The van der Waals surface area contributed by atoms with Gasteiger partial charge in [0.15, 0.2) is 0 Å². The topological polar surface area (TPSA) is 32.3 Å². The molecular weight excluding hydrogens is 292 g/mol. The van der Waals surface area contributed by atoms with E-state index in [1.165, 1.54) is 10.1 Å². The lowest BCUT2D eigenvalue weighted by molar-refractivity contribution is -0.133. The van der Waals surface area contributed by atoms with Crippen LogP contribution < -0.4 is 5.32 Å². The van der Waals surface area contributed by atoms with Crippen LogP contribution in [0.3, 0.4) is 0 Å². The summed E-state index contributed by atoms with van der Waals surface area (Å²) in [6.45, 7) is 4.73. The number of piperazine rings is 1. The third-order valence-electron chi connectivity index (χ3n) is 3.72. The van der Waals surface area contributed by atoms with Gasteiger partial charge in [0.05, 0.1) is 6.42 Å². The summed E-state index contributed by atoms with van der Waals surface area (Å²) in [6.07, 6.45) is 0.522. The number of nitrogens with zero attached hydrogens (tertiary/aromatic N) is 1. The van der Waals surface area contributed by atoms with Crippen molar-refractivity contribution in [2.45, 2.75) is 19.4 Å². The van der Waals surface area contributed by atoms with Crippen molar-refractivity contribution in [1.29, 1.82) is 0 Å². The summed E-state index contributed by atoms with van der Waals surface area (Å²) in [5.41, 5.74) is 1.16. The molecule has 1 aliphatic heterocycles. The fourth-order valence-corrected chi connectivity index (χ4v) is 3.61. The van der Waals surface area contributed by atoms with Crippen LogP contribution in [0.5, 0.6) is 0 Å². The Balaban J connectivity index is 0.00000147. The number of thiophene rings is 1. The number of carbonyl (C=O) groups is 1. The number of nitrogens with one attached hydrogen (secondary N) is 1. The number of rotatable bonds is 2. The zero-order chi connectivity index (χ0) is 13.2. The molecule has 3 rings (SSSR count). The molecule has 3 nitrogen and oxygen atoms in total. The van der Waals surface area contributed by atoms with Gasteiger partial charge in [0, 0.05) is 30.4 Å². The molecule has 0 aliphatic carbocycles. The molecule has 5 heteroatoms. The molecule has 0 radical (unpaired) electrons. The van der Waals surface area contributed by atoms with E-state index in [1.807, 2.05) is 17.0 Å². The molecule has 1 aliphatic rings. The first-order chi connectivity index (χ1) is 9.25. The van der Waals surface area contributed by atoms with Crippen LogP contribution >= 0.6 is 23.7 Å². The van der Waals surface area contributed by atoms with Gasteiger partial charge in [0.1, 0.15) is 0 Å². The van der Waals surface area contributed by atoms with E-state index in [4.69, 9.17) is 0 Å². The summed E-state index contributed by atoms with van der Waals surface area (Å²) < 4.78 is 1.26. The number of amides is 1. The van der Waals surface area contributed by atoms with Crippen molar-refractivity contribution in [3.63, 3.8) is 0 Å². The molecule has 1 fully saturated rings. The first-order valence-corrected chi connectivity index (χ1v) is 7.59. The monoisotopic (exact) mass is 310 g/mol. The van der Waals surface area contributed by atoms with Crippen molar-refractivity contribution >= 4 is 39.7 Å². The maximum atomic E-state index is 12.4. The normalized spacial score (nSPS) is 18.9. The Kier molecular flexibility index (Phi) is 5.02. The summed E-state index contributed by atoms with van der Waals surface area (Å²) in [4.78, 5) is 14.4. The first kappa shape index (κ1) is 15.3. The Labute approximate surface area is 129 Å². The number of fused-ring (bicyclic) bond motifs is 1. The lowest BCUT2D eigenvalue weighted by atomic mass is 10.1. The van der Waals surface area contributed by atoms with Crippen LogP contribution in [0.15, 0.2) is 29.6 Å². The van der Waals surface area contributed by atoms with Crippen LogP contribution in [0.1, 0.15) is 12.5 Å². The van der Waals surface area contributed by atoms with Crippen LogP contribution in [0.2, 0.25) is 0 Å². The van der Waals surface area contributed by atoms with Crippen LogP contribution in [-0.4, -0.2) is 36.5 Å². The quantitative estimate of drug-likeness (QED) is 0.925. The maximum absolute atomic E-state index is 12.4. The minimum atomic E-state index is 0. The Morgan fingerprint density at radius 3 is 3.05 bits per heavy atom. The van der Waals surface area contributed by atoms with E-state index in [-0.39, 0.29) is 18.3 Å². The summed E-state index contributed by atoms with van der Waals surface area (Å²) in [6, 6.07) is 8.60. The van der Waals surface area contributed by atoms with Crippen molar-refractivity contribution in [1.82, 2.24) is 10.2 Å². The molecule has 1 aromatic heterocycles. The second kappa shape index (κ2) is 6.57. The van der Waals surface area contributed by atoms with Gasteiger partial charge >= 0.3 is 0 Å². The van der Waals surface area contributed by atoms with Crippen LogP contribution in [-0.2, 0) is 11.2 Å². The van der Waals surface area contributed by atoms with Crippen LogP contribution in [0, 0.1) is 0 Å². The molecule has 0 bridgehead atoms. The molecule has 2 heterocycles. The summed E-state index contributed by atoms with van der Waals surface area (Å²) >= 11 is 1.72. The minimum Gasteiger partial charge on any atom is -0.337 e. The van der Waals surface area contributed by atoms with Crippen molar-refractivity contribution in [3.05, 3.63) is 35.2 Å². The molecule has 1 atom stereocenters. The lowest BCUT2D eigenvalue weighted by Gasteiger charge is -2.34. The molecule has 0 saturated carbocycles. The summed E-state index contributed by atoms with van der Waals surface area (Å²) in [5, 5.41) is 6.66. The Hall–Kier alpha value is -1.10. The van der Waals surface area contributed by atoms with E-state index in [2.05, 4.69) is 29.8 Å². The number of benzene rings is 1. The SMILES string of the molecule is C[C@H]1CNCCN1C(=O)Cc1csc2ccccc12.Cl. The van der Waals surface area contributed by atoms with E-state index in [0.717, 1.165) is 25.2 Å². The standard InChI is InChI=1S/C15H18N2OS.ClH/c1-11-9-16-6-7-17(11)15(18)8-12-10-19-14-5-3-2-4-13(12)14;/h2-5,10-11,16H,6-9H2,1H3;1H/t11-;/m0./s1. The van der Waals surface area contributed by atoms with Crippen molar-refractivity contribution < 1.29 is 4.79 Å². The zero-order valence-electron chi connectivity index (χ0n) is 11.5. The number of halogens is 1. The highest BCUT2D eigenvalue weighted by molar-refractivity contribution is 7.17. The highest BCUT2D eigenvalue weighted by Crippen LogP contribution is 2.26. The van der Waals surface area contributed by atoms with Crippen LogP contribution in [0.4, 0.5) is 0 Å². The second-order valence-electron chi connectivity index (χ2n) is 5.07. The van der Waals surface area contributed by atoms with Gasteiger partial charge in [-0.3, -0.25) is 4.79 Å². The molecular formula is C15H19ClN2OS. The van der Waals surface area contributed by atoms with Crippen LogP contribution in [0.25, 0.3) is 10.1 Å². The minimum absolute atomic E-state index is 0. The Bertz CT molecular complexity index is 598. The maximum Gasteiger partial charge on any atom is 0.227 e. The van der Waals surface area contributed by atoms with Gasteiger partial charge in [-0.15, -0.1) is 23.7 Å². The number of hydrogen-bond acceptors (Lipinski definition) is 3. The van der Waals surface area contributed by atoms with E-state index in [9.17, 15) is 4.79 Å². The Morgan fingerprint density at radius 1 is 1.45 bits per heavy atom. The fraction of sp³-hybridized carbons (Fsp3) is 0.400. The van der Waals surface area contributed by atoms with E-state index in [0.29, 0.717) is 12.5 Å². The van der Waals surface area contributed by atoms with Crippen molar-refractivity contribution in [3.8, 4) is 0 Å². The third-order valence-corrected chi connectivity index (χ3v) is 4.74. The van der Waals surface area contributed by atoms with Gasteiger partial charge in [-0.05, 0) is 29.3 Å². The molecule has 0 unspecified atom stereocenters. The average Bonchev–Trinajstić information content (AvgIpc) is 2.83. The molecule has 2 aromatic rings. The molecule has 1 N–H and O–H groups in total. The van der Waals surface area contributed by atoms with Gasteiger partial charge in [-0.25, -0.2) is 0 Å². The van der Waals surface area contributed by atoms with E-state index >= 15 is 0 Å². The highest BCUT2D eigenvalue weighted by atomic mass is 35.5. The molecule has 20 heavy (non-hydrogen) atoms. The molecule has 108 valence electrons. The third kappa shape index (κ3) is 2.97.